The Kier molecular flexibility index (Phi) is 9.16. The molecule has 2 aliphatic carbocycles. The van der Waals surface area contributed by atoms with E-state index in [1.807, 2.05) is 44.9 Å². The van der Waals surface area contributed by atoms with E-state index in [0.717, 1.165) is 0 Å². The fraction of sp³-hybridized carbons (Fsp3) is 0. The smallest absolute Gasteiger partial charge is 0.287 e. The van der Waals surface area contributed by atoms with Crippen LogP contribution in [0.3, 0.4) is 0 Å². The molecule has 72 valence electrons. The minimum Gasteiger partial charge on any atom is -0.287 e. The summed E-state index contributed by atoms with van der Waals surface area (Å²) >= 11 is 3.61. The van der Waals surface area contributed by atoms with Gasteiger partial charge in [0.25, 0.3) is 0 Å². The molecule has 14 heavy (non-hydrogen) atoms. The molecule has 2 saturated carbocycles. The van der Waals surface area contributed by atoms with Gasteiger partial charge in [0, 0.05) is 0 Å². The Bertz CT molecular complexity index is 144. The van der Waals surface area contributed by atoms with Crippen molar-refractivity contribution in [2.75, 3.05) is 0 Å². The summed E-state index contributed by atoms with van der Waals surface area (Å²) in [6.07, 6.45) is 17.1. The van der Waals surface area contributed by atoms with Crippen molar-refractivity contribution in [3.05, 3.63) is 63.7 Å². The molecule has 0 unspecified atom stereocenters. The maximum Gasteiger partial charge on any atom is 2.00 e. The molecule has 0 saturated heterocycles. The average Bonchev–Trinajstić information content (AvgIpc) is 2.82. The van der Waals surface area contributed by atoms with Crippen LogP contribution in [-0.2, 0) is 21.9 Å². The minimum atomic E-state index is -0.171. The van der Waals surface area contributed by atoms with E-state index in [9.17, 15) is 4.79 Å². The number of hydrogen-bond donors (Lipinski definition) is 1. The fourth-order valence-corrected chi connectivity index (χ4v) is 0.986. The molecule has 0 N–H and O–H groups in total. The van der Waals surface area contributed by atoms with Crippen molar-refractivity contribution in [2.24, 2.45) is 0 Å². The second-order valence-corrected chi connectivity index (χ2v) is 2.85. The minimum absolute atomic E-state index is 0. The van der Waals surface area contributed by atoms with E-state index in [1.54, 1.807) is 12.8 Å². The number of carbonyl (C=O) groups is 1. The quantitative estimate of drug-likeness (QED) is 0.552. The third-order valence-corrected chi connectivity index (χ3v) is 1.72. The van der Waals surface area contributed by atoms with Crippen molar-refractivity contribution < 1.29 is 21.9 Å². The summed E-state index contributed by atoms with van der Waals surface area (Å²) in [5.41, 5.74) is 0. The summed E-state index contributed by atoms with van der Waals surface area (Å²) in [5, 5.41) is -0.171. The zero-order valence-electron chi connectivity index (χ0n) is 7.41. The van der Waals surface area contributed by atoms with Crippen molar-refractivity contribution in [3.8, 4) is 0 Å². The molecule has 0 aromatic heterocycles. The molecule has 2 fully saturated rings. The maximum absolute atomic E-state index is 10.4. The van der Waals surface area contributed by atoms with Crippen LogP contribution < -0.4 is 0 Å². The van der Waals surface area contributed by atoms with Gasteiger partial charge in [-0.05, 0) is 57.8 Å². The Hall–Kier alpha value is 0.539. The van der Waals surface area contributed by atoms with Gasteiger partial charge >= 0.3 is 17.1 Å². The molecule has 0 atom stereocenters. The maximum atomic E-state index is 10.4. The van der Waals surface area contributed by atoms with Gasteiger partial charge in [-0.2, -0.15) is 0 Å². The predicted octanol–water partition coefficient (Wildman–Crippen LogP) is 1.87. The SMILES string of the molecule is O=C(S)[C]1[CH][CH][CH][CH]1.[CH]1[CH][CH][CH][CH]1.[Fe+2]. The van der Waals surface area contributed by atoms with E-state index >= 15 is 0 Å². The van der Waals surface area contributed by atoms with Crippen LogP contribution in [0.25, 0.3) is 0 Å². The number of hydrogen-bond acceptors (Lipinski definition) is 1. The molecular formula is C11H10FeOS+2. The van der Waals surface area contributed by atoms with Crippen LogP contribution in [0.4, 0.5) is 0 Å². The van der Waals surface area contributed by atoms with Crippen molar-refractivity contribution in [3.63, 3.8) is 0 Å². The van der Waals surface area contributed by atoms with E-state index in [1.165, 1.54) is 0 Å². The van der Waals surface area contributed by atoms with Crippen LogP contribution in [0.5, 0.6) is 0 Å². The summed E-state index contributed by atoms with van der Waals surface area (Å²) in [7, 11) is 0. The van der Waals surface area contributed by atoms with Gasteiger partial charge in [-0.15, -0.1) is 12.6 Å². The van der Waals surface area contributed by atoms with E-state index in [-0.39, 0.29) is 22.2 Å². The third-order valence-electron chi connectivity index (χ3n) is 1.47. The first kappa shape index (κ1) is 14.5. The Labute approximate surface area is 103 Å². The van der Waals surface area contributed by atoms with E-state index in [2.05, 4.69) is 12.6 Å². The summed E-state index contributed by atoms with van der Waals surface area (Å²) in [6.45, 7) is 0. The average molecular weight is 246 g/mol. The van der Waals surface area contributed by atoms with Gasteiger partial charge in [0.2, 0.25) is 0 Å². The predicted molar refractivity (Wildman–Crippen MR) is 55.9 cm³/mol. The fourth-order valence-electron chi connectivity index (χ4n) is 0.837. The summed E-state index contributed by atoms with van der Waals surface area (Å²) in [6, 6.07) is 0. The first-order valence-corrected chi connectivity index (χ1v) is 4.37. The Morgan fingerprint density at radius 2 is 1.21 bits per heavy atom. The molecule has 2 aliphatic rings. The largest absolute Gasteiger partial charge is 2.00 e. The van der Waals surface area contributed by atoms with E-state index < -0.39 is 0 Å². The van der Waals surface area contributed by atoms with Crippen LogP contribution in [0, 0.1) is 63.7 Å². The molecule has 0 aromatic carbocycles. The van der Waals surface area contributed by atoms with E-state index in [0.29, 0.717) is 5.92 Å². The number of rotatable bonds is 1. The van der Waals surface area contributed by atoms with Crippen LogP contribution in [0.1, 0.15) is 0 Å². The standard InChI is InChI=1S/C6H5OS.C5H5.Fe/c7-6(8)5-3-1-2-4-5;1-2-4-5-3-1;/h1-4H,(H,7,8);1-5H;/q;;+2. The van der Waals surface area contributed by atoms with Crippen molar-refractivity contribution in [2.45, 2.75) is 0 Å². The van der Waals surface area contributed by atoms with Gasteiger partial charge in [-0.3, -0.25) is 4.79 Å². The molecule has 0 aromatic rings. The monoisotopic (exact) mass is 246 g/mol. The zero-order valence-corrected chi connectivity index (χ0v) is 9.40. The zero-order chi connectivity index (χ0) is 9.52. The van der Waals surface area contributed by atoms with Crippen LogP contribution in [-0.4, -0.2) is 5.12 Å². The number of thiol groups is 1. The molecular weight excluding hydrogens is 236 g/mol. The molecule has 0 amide bonds. The van der Waals surface area contributed by atoms with Gasteiger partial charge in [-0.1, -0.05) is 0 Å². The molecule has 0 heterocycles. The first-order valence-electron chi connectivity index (χ1n) is 3.92. The van der Waals surface area contributed by atoms with Gasteiger partial charge in [0.15, 0.2) is 5.12 Å². The molecule has 3 heteroatoms. The van der Waals surface area contributed by atoms with Crippen LogP contribution in [0.2, 0.25) is 0 Å². The molecule has 2 rings (SSSR count). The Balaban J connectivity index is 0.000000246. The topological polar surface area (TPSA) is 17.1 Å². The van der Waals surface area contributed by atoms with Crippen LogP contribution >= 0.6 is 12.6 Å². The molecule has 10 radical (unpaired) electrons. The molecule has 0 aliphatic heterocycles. The first-order chi connectivity index (χ1) is 6.30. The molecule has 0 bridgehead atoms. The normalized spacial score (nSPS) is 20.9. The van der Waals surface area contributed by atoms with Crippen molar-refractivity contribution in [1.29, 1.82) is 0 Å². The van der Waals surface area contributed by atoms with E-state index in [4.69, 9.17) is 0 Å². The molecule has 0 spiro atoms. The molecule has 1 nitrogen and oxygen atoms in total. The summed E-state index contributed by atoms with van der Waals surface area (Å²) < 4.78 is 0. The summed E-state index contributed by atoms with van der Waals surface area (Å²) in [5.74, 6) is 0.660. The van der Waals surface area contributed by atoms with Crippen molar-refractivity contribution in [1.82, 2.24) is 0 Å². The Morgan fingerprint density at radius 1 is 0.857 bits per heavy atom. The van der Waals surface area contributed by atoms with Crippen LogP contribution in [0.15, 0.2) is 0 Å². The van der Waals surface area contributed by atoms with Gasteiger partial charge < -0.3 is 0 Å². The van der Waals surface area contributed by atoms with Crippen molar-refractivity contribution >= 4 is 17.7 Å². The Morgan fingerprint density at radius 3 is 1.43 bits per heavy atom. The van der Waals surface area contributed by atoms with Gasteiger partial charge in [0.1, 0.15) is 0 Å². The second kappa shape index (κ2) is 8.82. The second-order valence-electron chi connectivity index (χ2n) is 2.44. The summed E-state index contributed by atoms with van der Waals surface area (Å²) in [4.78, 5) is 10.4. The third kappa shape index (κ3) is 6.10. The number of carbonyl (C=O) groups excluding carboxylic acids is 1. The van der Waals surface area contributed by atoms with Gasteiger partial charge in [-0.25, -0.2) is 0 Å². The van der Waals surface area contributed by atoms with Gasteiger partial charge in [0.05, 0.1) is 5.92 Å².